The third kappa shape index (κ3) is 2.24. The largest absolute Gasteiger partial charge is 0.478 e. The first-order valence-electron chi connectivity index (χ1n) is 5.28. The van der Waals surface area contributed by atoms with Crippen LogP contribution in [-0.4, -0.2) is 24.2 Å². The minimum atomic E-state index is -4.02. The van der Waals surface area contributed by atoms with Crippen LogP contribution < -0.4 is 4.72 Å². The molecule has 1 aromatic carbocycles. The summed E-state index contributed by atoms with van der Waals surface area (Å²) in [4.78, 5) is 10.9. The summed E-state index contributed by atoms with van der Waals surface area (Å²) in [5.41, 5.74) is -0.757. The number of benzene rings is 1. The number of hydrogen-bond acceptors (Lipinski definition) is 4. The molecule has 0 aromatic heterocycles. The predicted molar refractivity (Wildman–Crippen MR) is 63.5 cm³/mol. The molecule has 0 saturated heterocycles. The zero-order chi connectivity index (χ0) is 14.3. The Morgan fingerprint density at radius 2 is 2.11 bits per heavy atom. The van der Waals surface area contributed by atoms with Crippen molar-refractivity contribution < 1.29 is 22.7 Å². The number of halogens is 1. The fourth-order valence-corrected chi connectivity index (χ4v) is 3.00. The van der Waals surface area contributed by atoms with Gasteiger partial charge in [0, 0.05) is 0 Å². The Morgan fingerprint density at radius 1 is 1.47 bits per heavy atom. The summed E-state index contributed by atoms with van der Waals surface area (Å²) < 4.78 is 37.4. The first-order valence-corrected chi connectivity index (χ1v) is 6.76. The van der Waals surface area contributed by atoms with Crippen molar-refractivity contribution in [1.29, 1.82) is 5.26 Å². The Bertz CT molecular complexity index is 689. The van der Waals surface area contributed by atoms with E-state index in [1.54, 1.807) is 6.07 Å². The lowest BCUT2D eigenvalue weighted by Gasteiger charge is -2.13. The van der Waals surface area contributed by atoms with Crippen LogP contribution in [0.15, 0.2) is 18.2 Å². The average molecular weight is 284 g/mol. The molecule has 0 unspecified atom stereocenters. The summed E-state index contributed by atoms with van der Waals surface area (Å²) in [7, 11) is -4.02. The summed E-state index contributed by atoms with van der Waals surface area (Å²) in [6, 6.07) is 4.37. The van der Waals surface area contributed by atoms with E-state index in [2.05, 4.69) is 4.72 Å². The molecule has 100 valence electrons. The zero-order valence-corrected chi connectivity index (χ0v) is 10.4. The van der Waals surface area contributed by atoms with E-state index >= 15 is 0 Å². The number of hydrogen-bond donors (Lipinski definition) is 2. The van der Waals surface area contributed by atoms with E-state index in [0.717, 1.165) is 12.1 Å². The number of carbonyl (C=O) groups is 1. The maximum atomic E-state index is 13.0. The first kappa shape index (κ1) is 13.3. The van der Waals surface area contributed by atoms with Crippen molar-refractivity contribution in [3.63, 3.8) is 0 Å². The van der Waals surface area contributed by atoms with Gasteiger partial charge in [-0.15, -0.1) is 0 Å². The van der Waals surface area contributed by atoms with E-state index in [0.29, 0.717) is 6.07 Å². The van der Waals surface area contributed by atoms with Gasteiger partial charge in [0.25, 0.3) is 10.0 Å². The normalized spacial score (nSPS) is 16.4. The Morgan fingerprint density at radius 3 is 2.58 bits per heavy atom. The summed E-state index contributed by atoms with van der Waals surface area (Å²) >= 11 is 0. The summed E-state index contributed by atoms with van der Waals surface area (Å²) in [6.07, 6.45) is 0.394. The third-order valence-electron chi connectivity index (χ3n) is 2.88. The van der Waals surface area contributed by atoms with Gasteiger partial charge in [0.1, 0.15) is 5.82 Å². The molecule has 0 bridgehead atoms. The highest BCUT2D eigenvalue weighted by Gasteiger charge is 2.56. The zero-order valence-electron chi connectivity index (χ0n) is 9.55. The second-order valence-electron chi connectivity index (χ2n) is 4.21. The van der Waals surface area contributed by atoms with Crippen molar-refractivity contribution in [1.82, 2.24) is 0 Å². The van der Waals surface area contributed by atoms with Crippen LogP contribution in [0.3, 0.4) is 0 Å². The van der Waals surface area contributed by atoms with Gasteiger partial charge in [-0.05, 0) is 31.0 Å². The van der Waals surface area contributed by atoms with Gasteiger partial charge in [0.05, 0.1) is 17.3 Å². The van der Waals surface area contributed by atoms with Crippen LogP contribution in [0.2, 0.25) is 0 Å². The molecule has 1 aromatic rings. The average Bonchev–Trinajstić information content (AvgIpc) is 3.12. The molecule has 1 saturated carbocycles. The quantitative estimate of drug-likeness (QED) is 0.867. The highest BCUT2D eigenvalue weighted by atomic mass is 32.2. The van der Waals surface area contributed by atoms with Crippen molar-refractivity contribution in [3.8, 4) is 6.07 Å². The molecule has 1 aliphatic rings. The molecule has 19 heavy (non-hydrogen) atoms. The van der Waals surface area contributed by atoms with Crippen LogP contribution in [0.25, 0.3) is 0 Å². The lowest BCUT2D eigenvalue weighted by Crippen LogP contribution is -2.29. The number of aromatic carboxylic acids is 1. The Balaban J connectivity index is 2.40. The summed E-state index contributed by atoms with van der Waals surface area (Å²) in [5.74, 6) is -2.25. The van der Waals surface area contributed by atoms with Gasteiger partial charge < -0.3 is 5.11 Å². The van der Waals surface area contributed by atoms with E-state index in [-0.39, 0.29) is 18.5 Å². The van der Waals surface area contributed by atoms with Gasteiger partial charge in [-0.1, -0.05) is 0 Å². The second-order valence-corrected chi connectivity index (χ2v) is 6.20. The summed E-state index contributed by atoms with van der Waals surface area (Å²) in [6.45, 7) is 0. The maximum absolute atomic E-state index is 13.0. The topological polar surface area (TPSA) is 107 Å². The third-order valence-corrected chi connectivity index (χ3v) is 4.90. The van der Waals surface area contributed by atoms with Crippen molar-refractivity contribution in [2.24, 2.45) is 0 Å². The number of sulfonamides is 1. The van der Waals surface area contributed by atoms with E-state index in [4.69, 9.17) is 10.4 Å². The molecule has 6 nitrogen and oxygen atoms in total. The molecule has 0 spiro atoms. The van der Waals surface area contributed by atoms with Crippen LogP contribution in [0.4, 0.5) is 10.1 Å². The van der Waals surface area contributed by atoms with Crippen LogP contribution >= 0.6 is 0 Å². The number of rotatable bonds is 4. The number of carboxylic acids is 1. The van der Waals surface area contributed by atoms with Crippen LogP contribution in [0.1, 0.15) is 23.2 Å². The molecule has 8 heteroatoms. The Kier molecular flexibility index (Phi) is 2.94. The monoisotopic (exact) mass is 284 g/mol. The van der Waals surface area contributed by atoms with Crippen LogP contribution in [0, 0.1) is 17.1 Å². The van der Waals surface area contributed by atoms with E-state index < -0.39 is 32.1 Å². The molecule has 1 fully saturated rings. The molecule has 2 rings (SSSR count). The molecular weight excluding hydrogens is 275 g/mol. The van der Waals surface area contributed by atoms with Gasteiger partial charge in [-0.3, -0.25) is 4.72 Å². The molecular formula is C11H9FN2O4S. The number of carboxylic acid groups (broad SMARTS) is 1. The van der Waals surface area contributed by atoms with E-state index in [9.17, 15) is 17.6 Å². The summed E-state index contributed by atoms with van der Waals surface area (Å²) in [5, 5.41) is 17.7. The fraction of sp³-hybridized carbons (Fsp3) is 0.273. The standard InChI is InChI=1S/C11H9FN2O4S/c12-7-1-2-9(8(5-7)10(15)16)14-19(17,18)11(6-13)3-4-11/h1-2,5,14H,3-4H2,(H,15,16). The lowest BCUT2D eigenvalue weighted by molar-refractivity contribution is 0.0697. The molecule has 1 aliphatic carbocycles. The van der Waals surface area contributed by atoms with Gasteiger partial charge in [0.15, 0.2) is 4.75 Å². The second kappa shape index (κ2) is 4.20. The number of nitrogens with zero attached hydrogens (tertiary/aromatic N) is 1. The van der Waals surface area contributed by atoms with Crippen molar-refractivity contribution in [2.45, 2.75) is 17.6 Å². The number of nitrogens with one attached hydrogen (secondary N) is 1. The SMILES string of the molecule is N#CC1(S(=O)(=O)Nc2ccc(F)cc2C(=O)O)CC1. The molecule has 0 aliphatic heterocycles. The Hall–Kier alpha value is -2.14. The predicted octanol–water partition coefficient (Wildman–Crippen LogP) is 1.32. The molecule has 0 heterocycles. The highest BCUT2D eigenvalue weighted by molar-refractivity contribution is 7.94. The molecule has 2 N–H and O–H groups in total. The van der Waals surface area contributed by atoms with E-state index in [1.165, 1.54) is 0 Å². The van der Waals surface area contributed by atoms with Gasteiger partial charge >= 0.3 is 5.97 Å². The minimum absolute atomic E-state index is 0.197. The van der Waals surface area contributed by atoms with Crippen molar-refractivity contribution >= 4 is 21.7 Å². The van der Waals surface area contributed by atoms with Gasteiger partial charge in [-0.25, -0.2) is 17.6 Å². The number of anilines is 1. The van der Waals surface area contributed by atoms with Gasteiger partial charge in [-0.2, -0.15) is 5.26 Å². The molecule has 0 amide bonds. The van der Waals surface area contributed by atoms with Crippen LogP contribution in [-0.2, 0) is 10.0 Å². The fourth-order valence-electron chi connectivity index (χ4n) is 1.58. The van der Waals surface area contributed by atoms with Gasteiger partial charge in [0.2, 0.25) is 0 Å². The maximum Gasteiger partial charge on any atom is 0.337 e. The molecule has 0 radical (unpaired) electrons. The first-order chi connectivity index (χ1) is 8.81. The van der Waals surface area contributed by atoms with Crippen molar-refractivity contribution in [3.05, 3.63) is 29.6 Å². The van der Waals surface area contributed by atoms with E-state index in [1.807, 2.05) is 0 Å². The highest BCUT2D eigenvalue weighted by Crippen LogP contribution is 2.43. The molecule has 0 atom stereocenters. The smallest absolute Gasteiger partial charge is 0.337 e. The number of nitriles is 1. The lowest BCUT2D eigenvalue weighted by atomic mass is 10.2. The van der Waals surface area contributed by atoms with Crippen molar-refractivity contribution in [2.75, 3.05) is 4.72 Å². The van der Waals surface area contributed by atoms with Crippen LogP contribution in [0.5, 0.6) is 0 Å². The minimum Gasteiger partial charge on any atom is -0.478 e. The Labute approximate surface area is 108 Å².